The summed E-state index contributed by atoms with van der Waals surface area (Å²) in [5.74, 6) is 0. The predicted molar refractivity (Wildman–Crippen MR) is 232 cm³/mol. The van der Waals surface area contributed by atoms with Crippen molar-refractivity contribution in [3.05, 3.63) is 206 Å². The maximum Gasteiger partial charge on any atom is 0.0540 e. The van der Waals surface area contributed by atoms with Crippen LogP contribution in [-0.2, 0) is 0 Å². The van der Waals surface area contributed by atoms with Crippen molar-refractivity contribution in [3.8, 4) is 0 Å². The highest BCUT2D eigenvalue weighted by atomic mass is 15.1. The van der Waals surface area contributed by atoms with Crippen LogP contribution >= 0.6 is 0 Å². The third-order valence-corrected chi connectivity index (χ3v) is 11.1. The molecule has 0 saturated carbocycles. The molecule has 0 bridgehead atoms. The Kier molecular flexibility index (Phi) is 6.90. The lowest BCUT2D eigenvalue weighted by Crippen LogP contribution is -2.11. The van der Waals surface area contributed by atoms with Crippen LogP contribution in [-0.4, -0.2) is 0 Å². The first kappa shape index (κ1) is 30.5. The van der Waals surface area contributed by atoms with Gasteiger partial charge in [0, 0.05) is 33.5 Å². The number of fused-ring (bicyclic) bond motifs is 4. The molecular formula is C52H34N2. The standard InChI is InChI=1S/C52H34N2/c1-3-17-39(18-4-1)53(41-27-25-35-13-7-9-15-37(35)33-41)49-31-29-45-46-30-32-50(48-24-12-22-44(52(46)48)43-21-11-23-47(49)51(43)45)54(40-19-5-2-6-20-40)42-28-26-36-14-8-10-16-38(36)34-42/h1-34H. The molecule has 0 saturated heterocycles. The summed E-state index contributed by atoms with van der Waals surface area (Å²) in [7, 11) is 0. The average Bonchev–Trinajstić information content (AvgIpc) is 3.24. The Morgan fingerprint density at radius 3 is 1.04 bits per heavy atom. The van der Waals surface area contributed by atoms with Gasteiger partial charge in [-0.2, -0.15) is 0 Å². The van der Waals surface area contributed by atoms with Crippen molar-refractivity contribution in [2.75, 3.05) is 9.80 Å². The van der Waals surface area contributed by atoms with E-state index < -0.39 is 0 Å². The lowest BCUT2D eigenvalue weighted by Gasteiger charge is -2.29. The number of nitrogens with zero attached hydrogens (tertiary/aromatic N) is 2. The van der Waals surface area contributed by atoms with Crippen LogP contribution in [0.2, 0.25) is 0 Å². The number of benzene rings is 11. The van der Waals surface area contributed by atoms with Gasteiger partial charge in [0.05, 0.1) is 11.4 Å². The molecule has 0 aliphatic carbocycles. The first-order valence-corrected chi connectivity index (χ1v) is 18.6. The van der Waals surface area contributed by atoms with Gasteiger partial charge in [0.2, 0.25) is 0 Å². The van der Waals surface area contributed by atoms with E-state index in [0.717, 1.165) is 34.1 Å². The number of anilines is 6. The zero-order chi connectivity index (χ0) is 35.6. The summed E-state index contributed by atoms with van der Waals surface area (Å²) < 4.78 is 0. The summed E-state index contributed by atoms with van der Waals surface area (Å²) in [4.78, 5) is 4.83. The molecule has 0 amide bonds. The second kappa shape index (κ2) is 12.2. The van der Waals surface area contributed by atoms with Crippen molar-refractivity contribution < 1.29 is 0 Å². The summed E-state index contributed by atoms with van der Waals surface area (Å²) in [6, 6.07) is 75.3. The van der Waals surface area contributed by atoms with Gasteiger partial charge < -0.3 is 9.80 Å². The first-order chi connectivity index (χ1) is 26.8. The van der Waals surface area contributed by atoms with Crippen molar-refractivity contribution in [1.29, 1.82) is 0 Å². The molecule has 11 rings (SSSR count). The van der Waals surface area contributed by atoms with Crippen LogP contribution in [0.25, 0.3) is 64.6 Å². The minimum Gasteiger partial charge on any atom is -0.310 e. The van der Waals surface area contributed by atoms with Gasteiger partial charge in [0.1, 0.15) is 0 Å². The smallest absolute Gasteiger partial charge is 0.0540 e. The van der Waals surface area contributed by atoms with Crippen LogP contribution in [0.5, 0.6) is 0 Å². The molecule has 54 heavy (non-hydrogen) atoms. The third kappa shape index (κ3) is 4.74. The van der Waals surface area contributed by atoms with Gasteiger partial charge in [-0.15, -0.1) is 0 Å². The Hall–Kier alpha value is -7.16. The topological polar surface area (TPSA) is 6.48 Å². The quantitative estimate of drug-likeness (QED) is 0.127. The Labute approximate surface area is 313 Å². The van der Waals surface area contributed by atoms with Gasteiger partial charge in [0.25, 0.3) is 0 Å². The Morgan fingerprint density at radius 2 is 0.593 bits per heavy atom. The van der Waals surface area contributed by atoms with E-state index >= 15 is 0 Å². The predicted octanol–water partition coefficient (Wildman–Crippen LogP) is 15.0. The van der Waals surface area contributed by atoms with Crippen molar-refractivity contribution >= 4 is 98.8 Å². The van der Waals surface area contributed by atoms with Gasteiger partial charge in [-0.1, -0.05) is 146 Å². The molecule has 0 aromatic heterocycles. The van der Waals surface area contributed by atoms with E-state index in [-0.39, 0.29) is 0 Å². The Morgan fingerprint density at radius 1 is 0.222 bits per heavy atom. The molecule has 11 aromatic carbocycles. The maximum absolute atomic E-state index is 2.41. The summed E-state index contributed by atoms with van der Waals surface area (Å²) >= 11 is 0. The SMILES string of the molecule is c1ccc(N(c2ccc3ccccc3c2)c2ccc3c4ccc(N(c5ccccc5)c5ccc6ccccc6c5)c5cccc(c6cccc2c63)c54)cc1. The molecule has 0 N–H and O–H groups in total. The summed E-state index contributed by atoms with van der Waals surface area (Å²) in [5.41, 5.74) is 6.86. The summed E-state index contributed by atoms with van der Waals surface area (Å²) in [5, 5.41) is 15.0. The van der Waals surface area contributed by atoms with Gasteiger partial charge in [-0.3, -0.25) is 0 Å². The molecule has 0 aliphatic rings. The number of para-hydroxylation sites is 2. The highest BCUT2D eigenvalue weighted by molar-refractivity contribution is 6.35. The minimum atomic E-state index is 1.13. The molecule has 11 aromatic rings. The molecule has 0 aliphatic heterocycles. The van der Waals surface area contributed by atoms with Crippen molar-refractivity contribution in [2.24, 2.45) is 0 Å². The van der Waals surface area contributed by atoms with Crippen LogP contribution < -0.4 is 9.80 Å². The Balaban J connectivity index is 1.16. The second-order valence-electron chi connectivity index (χ2n) is 14.1. The van der Waals surface area contributed by atoms with Crippen LogP contribution in [0.3, 0.4) is 0 Å². The van der Waals surface area contributed by atoms with E-state index in [1.54, 1.807) is 0 Å². The fourth-order valence-corrected chi connectivity index (χ4v) is 8.71. The molecule has 0 radical (unpaired) electrons. The molecule has 0 atom stereocenters. The average molecular weight is 687 g/mol. The fourth-order valence-electron chi connectivity index (χ4n) is 8.71. The van der Waals surface area contributed by atoms with E-state index in [1.807, 2.05) is 0 Å². The highest BCUT2D eigenvalue weighted by Gasteiger charge is 2.22. The second-order valence-corrected chi connectivity index (χ2v) is 14.1. The molecule has 2 heteroatoms. The van der Waals surface area contributed by atoms with E-state index in [1.165, 1.54) is 64.6 Å². The van der Waals surface area contributed by atoms with Gasteiger partial charge in [0.15, 0.2) is 0 Å². The number of hydrogen-bond donors (Lipinski definition) is 0. The molecule has 0 unspecified atom stereocenters. The zero-order valence-corrected chi connectivity index (χ0v) is 29.5. The Bertz CT molecular complexity index is 2930. The lowest BCUT2D eigenvalue weighted by molar-refractivity contribution is 1.30. The van der Waals surface area contributed by atoms with Gasteiger partial charge in [-0.25, -0.2) is 0 Å². The lowest BCUT2D eigenvalue weighted by atomic mass is 9.88. The van der Waals surface area contributed by atoms with Crippen molar-refractivity contribution in [3.63, 3.8) is 0 Å². The van der Waals surface area contributed by atoms with Crippen LogP contribution in [0, 0.1) is 0 Å². The minimum absolute atomic E-state index is 1.13. The molecular weight excluding hydrogens is 653 g/mol. The van der Waals surface area contributed by atoms with E-state index in [2.05, 4.69) is 216 Å². The van der Waals surface area contributed by atoms with Gasteiger partial charge >= 0.3 is 0 Å². The van der Waals surface area contributed by atoms with E-state index in [4.69, 9.17) is 0 Å². The molecule has 252 valence electrons. The van der Waals surface area contributed by atoms with Gasteiger partial charge in [-0.05, 0) is 115 Å². The van der Waals surface area contributed by atoms with Crippen LogP contribution in [0.4, 0.5) is 34.1 Å². The monoisotopic (exact) mass is 686 g/mol. The first-order valence-electron chi connectivity index (χ1n) is 18.6. The molecule has 0 heterocycles. The van der Waals surface area contributed by atoms with E-state index in [9.17, 15) is 0 Å². The molecule has 0 fully saturated rings. The van der Waals surface area contributed by atoms with E-state index in [0.29, 0.717) is 0 Å². The normalized spacial score (nSPS) is 11.7. The third-order valence-electron chi connectivity index (χ3n) is 11.1. The van der Waals surface area contributed by atoms with Crippen molar-refractivity contribution in [2.45, 2.75) is 0 Å². The summed E-state index contributed by atoms with van der Waals surface area (Å²) in [6.07, 6.45) is 0. The zero-order valence-electron chi connectivity index (χ0n) is 29.5. The van der Waals surface area contributed by atoms with Crippen LogP contribution in [0.1, 0.15) is 0 Å². The molecule has 0 spiro atoms. The van der Waals surface area contributed by atoms with Crippen LogP contribution in [0.15, 0.2) is 206 Å². The maximum atomic E-state index is 2.41. The summed E-state index contributed by atoms with van der Waals surface area (Å²) in [6.45, 7) is 0. The highest BCUT2D eigenvalue weighted by Crippen LogP contribution is 2.49. The fraction of sp³-hybridized carbons (Fsp3) is 0. The number of rotatable bonds is 6. The number of hydrogen-bond acceptors (Lipinski definition) is 2. The largest absolute Gasteiger partial charge is 0.310 e. The van der Waals surface area contributed by atoms with Crippen molar-refractivity contribution in [1.82, 2.24) is 0 Å². The molecule has 2 nitrogen and oxygen atoms in total.